The van der Waals surface area contributed by atoms with Gasteiger partial charge in [0.15, 0.2) is 5.82 Å². The molecule has 150 valence electrons. The third-order valence-electron chi connectivity index (χ3n) is 5.87. The quantitative estimate of drug-likeness (QED) is 0.516. The Balaban J connectivity index is 1.74. The van der Waals surface area contributed by atoms with Gasteiger partial charge in [-0.3, -0.25) is 9.78 Å². The first-order chi connectivity index (χ1) is 14.6. The van der Waals surface area contributed by atoms with Crippen molar-refractivity contribution in [2.75, 3.05) is 5.73 Å². The highest BCUT2D eigenvalue weighted by molar-refractivity contribution is 5.94. The van der Waals surface area contributed by atoms with Gasteiger partial charge in [0.2, 0.25) is 5.91 Å². The Bertz CT molecular complexity index is 1310. The molecule has 4 aromatic rings. The molecule has 0 aliphatic heterocycles. The number of nitrogens with two attached hydrogens (primary N) is 1. The summed E-state index contributed by atoms with van der Waals surface area (Å²) in [6, 6.07) is 10.2. The lowest BCUT2D eigenvalue weighted by Crippen LogP contribution is -2.39. The molecule has 1 unspecified atom stereocenters. The Labute approximate surface area is 173 Å². The second kappa shape index (κ2) is 6.95. The lowest BCUT2D eigenvalue weighted by Gasteiger charge is -2.28. The van der Waals surface area contributed by atoms with Crippen LogP contribution in [-0.2, 0) is 11.2 Å². The number of carbonyl (C=O) groups excluding carboxylic acids is 1. The lowest BCUT2D eigenvalue weighted by molar-refractivity contribution is -0.117. The molecule has 7 nitrogen and oxygen atoms in total. The van der Waals surface area contributed by atoms with Gasteiger partial charge in [-0.25, -0.2) is 9.50 Å². The van der Waals surface area contributed by atoms with Crippen LogP contribution >= 0.6 is 0 Å². The summed E-state index contributed by atoms with van der Waals surface area (Å²) in [5.41, 5.74) is 12.3. The van der Waals surface area contributed by atoms with E-state index in [-0.39, 0.29) is 17.9 Å². The van der Waals surface area contributed by atoms with E-state index in [1.807, 2.05) is 28.9 Å². The van der Waals surface area contributed by atoms with Crippen LogP contribution < -0.4 is 11.1 Å². The van der Waals surface area contributed by atoms with E-state index in [9.17, 15) is 4.79 Å². The van der Waals surface area contributed by atoms with Crippen molar-refractivity contribution in [3.8, 4) is 11.1 Å². The molecule has 1 aromatic carbocycles. The number of carbonyl (C=O) groups is 1. The molecule has 1 amide bonds. The summed E-state index contributed by atoms with van der Waals surface area (Å²) in [6.07, 6.45) is 6.16. The number of anilines is 1. The second-order valence-electron chi connectivity index (χ2n) is 7.81. The van der Waals surface area contributed by atoms with Gasteiger partial charge < -0.3 is 11.1 Å². The molecule has 0 fully saturated rings. The fourth-order valence-electron chi connectivity index (χ4n) is 4.65. The molecule has 5 rings (SSSR count). The van der Waals surface area contributed by atoms with E-state index in [4.69, 9.17) is 5.73 Å². The molecule has 30 heavy (non-hydrogen) atoms. The number of nitrogens with zero attached hydrogens (tertiary/aromatic N) is 4. The van der Waals surface area contributed by atoms with Crippen LogP contribution in [0.1, 0.15) is 30.5 Å². The van der Waals surface area contributed by atoms with Crippen LogP contribution in [0.2, 0.25) is 0 Å². The Morgan fingerprint density at radius 2 is 2.17 bits per heavy atom. The fourth-order valence-corrected chi connectivity index (χ4v) is 4.65. The fraction of sp³-hybridized carbons (Fsp3) is 0.217. The van der Waals surface area contributed by atoms with Crippen LogP contribution in [0.25, 0.3) is 27.5 Å². The molecule has 1 aliphatic carbocycles. The van der Waals surface area contributed by atoms with Crippen molar-refractivity contribution < 1.29 is 4.79 Å². The van der Waals surface area contributed by atoms with Crippen molar-refractivity contribution in [2.45, 2.75) is 31.7 Å². The second-order valence-corrected chi connectivity index (χ2v) is 7.81. The molecule has 7 heteroatoms. The first-order valence-electron chi connectivity index (χ1n) is 9.99. The first kappa shape index (κ1) is 18.3. The number of nitrogen functional groups attached to an aromatic ring is 1. The maximum atomic E-state index is 11.9. The minimum Gasteiger partial charge on any atom is -0.382 e. The number of fused-ring (bicyclic) bond motifs is 4. The number of rotatable bonds is 3. The van der Waals surface area contributed by atoms with Gasteiger partial charge in [-0.1, -0.05) is 31.7 Å². The number of pyridine rings is 1. The SMILES string of the molecule is C=CC(=O)NC1Cc2c(c(-c3cnc4ccccc4c3)c3c(N)ncnn23)[C@H](C)C1. The molecular weight excluding hydrogens is 376 g/mol. The van der Waals surface area contributed by atoms with E-state index in [2.05, 4.69) is 46.0 Å². The van der Waals surface area contributed by atoms with E-state index in [1.165, 1.54) is 18.0 Å². The van der Waals surface area contributed by atoms with Crippen LogP contribution in [-0.4, -0.2) is 31.5 Å². The molecule has 0 saturated carbocycles. The van der Waals surface area contributed by atoms with E-state index < -0.39 is 0 Å². The maximum absolute atomic E-state index is 11.9. The van der Waals surface area contributed by atoms with E-state index in [1.54, 1.807) is 0 Å². The zero-order valence-corrected chi connectivity index (χ0v) is 16.7. The molecule has 3 heterocycles. The van der Waals surface area contributed by atoms with Crippen molar-refractivity contribution in [1.29, 1.82) is 0 Å². The molecule has 2 atom stereocenters. The summed E-state index contributed by atoms with van der Waals surface area (Å²) in [5, 5.41) is 8.61. The summed E-state index contributed by atoms with van der Waals surface area (Å²) in [5.74, 6) is 0.470. The molecule has 3 N–H and O–H groups in total. The molecule has 0 bridgehead atoms. The van der Waals surface area contributed by atoms with Gasteiger partial charge in [-0.2, -0.15) is 5.10 Å². The Morgan fingerprint density at radius 1 is 1.33 bits per heavy atom. The number of para-hydroxylation sites is 1. The lowest BCUT2D eigenvalue weighted by atomic mass is 9.81. The predicted octanol–water partition coefficient (Wildman–Crippen LogP) is 3.25. The molecule has 0 saturated heterocycles. The van der Waals surface area contributed by atoms with Gasteiger partial charge in [0, 0.05) is 40.9 Å². The number of nitrogens with one attached hydrogen (secondary N) is 1. The van der Waals surface area contributed by atoms with Gasteiger partial charge in [0.25, 0.3) is 0 Å². The third-order valence-corrected chi connectivity index (χ3v) is 5.87. The van der Waals surface area contributed by atoms with Gasteiger partial charge in [0.1, 0.15) is 11.8 Å². The summed E-state index contributed by atoms with van der Waals surface area (Å²) in [6.45, 7) is 5.73. The number of benzene rings is 1. The first-order valence-corrected chi connectivity index (χ1v) is 9.99. The maximum Gasteiger partial charge on any atom is 0.243 e. The van der Waals surface area contributed by atoms with E-state index in [0.29, 0.717) is 12.2 Å². The zero-order chi connectivity index (χ0) is 20.8. The number of aromatic nitrogens is 4. The van der Waals surface area contributed by atoms with Crippen LogP contribution in [0, 0.1) is 0 Å². The smallest absolute Gasteiger partial charge is 0.243 e. The van der Waals surface area contributed by atoms with Gasteiger partial charge in [0.05, 0.1) is 5.52 Å². The normalized spacial score (nSPS) is 18.3. The van der Waals surface area contributed by atoms with Crippen molar-refractivity contribution in [1.82, 2.24) is 24.9 Å². The minimum atomic E-state index is -0.162. The zero-order valence-electron chi connectivity index (χ0n) is 16.7. The van der Waals surface area contributed by atoms with Gasteiger partial charge >= 0.3 is 0 Å². The minimum absolute atomic E-state index is 0.00914. The number of amides is 1. The highest BCUT2D eigenvalue weighted by Gasteiger charge is 2.33. The van der Waals surface area contributed by atoms with E-state index in [0.717, 1.165) is 39.7 Å². The van der Waals surface area contributed by atoms with Crippen molar-refractivity contribution >= 4 is 28.1 Å². The van der Waals surface area contributed by atoms with Crippen molar-refractivity contribution in [3.05, 3.63) is 66.8 Å². The molecule has 1 aliphatic rings. The Hall–Kier alpha value is -3.74. The number of hydrogen-bond donors (Lipinski definition) is 2. The number of hydrogen-bond acceptors (Lipinski definition) is 5. The van der Waals surface area contributed by atoms with Crippen LogP contribution in [0.3, 0.4) is 0 Å². The monoisotopic (exact) mass is 398 g/mol. The van der Waals surface area contributed by atoms with Crippen LogP contribution in [0.5, 0.6) is 0 Å². The summed E-state index contributed by atoms with van der Waals surface area (Å²) < 4.78 is 1.88. The summed E-state index contributed by atoms with van der Waals surface area (Å²) >= 11 is 0. The summed E-state index contributed by atoms with van der Waals surface area (Å²) in [7, 11) is 0. The van der Waals surface area contributed by atoms with Crippen molar-refractivity contribution in [3.63, 3.8) is 0 Å². The highest BCUT2D eigenvalue weighted by Crippen LogP contribution is 2.44. The predicted molar refractivity (Wildman–Crippen MR) is 117 cm³/mol. The van der Waals surface area contributed by atoms with Crippen LogP contribution in [0.4, 0.5) is 5.82 Å². The molecule has 3 aromatic heterocycles. The molecule has 0 radical (unpaired) electrons. The largest absolute Gasteiger partial charge is 0.382 e. The molecular formula is C23H22N6O. The topological polar surface area (TPSA) is 98.2 Å². The Morgan fingerprint density at radius 3 is 3.00 bits per heavy atom. The average molecular weight is 398 g/mol. The summed E-state index contributed by atoms with van der Waals surface area (Å²) in [4.78, 5) is 20.8. The third kappa shape index (κ3) is 2.82. The van der Waals surface area contributed by atoms with E-state index >= 15 is 0 Å². The van der Waals surface area contributed by atoms with Gasteiger partial charge in [-0.15, -0.1) is 0 Å². The highest BCUT2D eigenvalue weighted by atomic mass is 16.1. The van der Waals surface area contributed by atoms with Gasteiger partial charge in [-0.05, 0) is 36.1 Å². The van der Waals surface area contributed by atoms with Crippen molar-refractivity contribution in [2.24, 2.45) is 0 Å². The standard InChI is InChI=1S/C23H22N6O/c1-3-19(30)28-16-8-13(2)20-18(10-16)29-22(23(24)26-12-27-29)21(20)15-9-14-6-4-5-7-17(14)25-11-15/h3-7,9,11-13,16H,1,8,10H2,2H3,(H,28,30)(H2,24,26,27)/t13-,16?/m1/s1. The Kier molecular flexibility index (Phi) is 4.24. The van der Waals surface area contributed by atoms with Crippen LogP contribution in [0.15, 0.2) is 55.5 Å². The molecule has 0 spiro atoms. The average Bonchev–Trinajstić information content (AvgIpc) is 3.09.